The summed E-state index contributed by atoms with van der Waals surface area (Å²) in [6.07, 6.45) is 6.46. The Bertz CT molecular complexity index is 391. The van der Waals surface area contributed by atoms with Crippen LogP contribution < -0.4 is 11.1 Å². The summed E-state index contributed by atoms with van der Waals surface area (Å²) in [5.41, 5.74) is 5.29. The second kappa shape index (κ2) is 5.58. The van der Waals surface area contributed by atoms with Crippen molar-refractivity contribution in [3.63, 3.8) is 0 Å². The van der Waals surface area contributed by atoms with Gasteiger partial charge in [-0.3, -0.25) is 9.78 Å². The summed E-state index contributed by atoms with van der Waals surface area (Å²) in [6, 6.07) is 0. The zero-order valence-electron chi connectivity index (χ0n) is 9.56. The van der Waals surface area contributed by atoms with Crippen LogP contribution in [-0.2, 0) is 4.74 Å². The molecule has 2 heterocycles. The number of nitrogens with zero attached hydrogens (tertiary/aromatic N) is 2. The van der Waals surface area contributed by atoms with Crippen molar-refractivity contribution in [3.05, 3.63) is 18.1 Å². The largest absolute Gasteiger partial charge is 0.378 e. The van der Waals surface area contributed by atoms with E-state index in [0.717, 1.165) is 32.4 Å². The van der Waals surface area contributed by atoms with Gasteiger partial charge in [0.1, 0.15) is 11.5 Å². The van der Waals surface area contributed by atoms with E-state index in [0.29, 0.717) is 11.9 Å². The van der Waals surface area contributed by atoms with Gasteiger partial charge in [0.15, 0.2) is 0 Å². The van der Waals surface area contributed by atoms with Gasteiger partial charge < -0.3 is 15.8 Å². The molecule has 92 valence electrons. The van der Waals surface area contributed by atoms with Crippen LogP contribution in [0.25, 0.3) is 0 Å². The SMILES string of the molecule is NC(=O)c1cncc(NCCC2CCCO2)n1. The highest BCUT2D eigenvalue weighted by molar-refractivity contribution is 5.90. The number of nitrogens with two attached hydrogens (primary N) is 1. The molecule has 1 unspecified atom stereocenters. The average molecular weight is 236 g/mol. The first-order valence-corrected chi connectivity index (χ1v) is 5.73. The minimum Gasteiger partial charge on any atom is -0.378 e. The van der Waals surface area contributed by atoms with Crippen LogP contribution in [0.4, 0.5) is 5.82 Å². The molecule has 6 heteroatoms. The molecule has 1 saturated heterocycles. The highest BCUT2D eigenvalue weighted by atomic mass is 16.5. The lowest BCUT2D eigenvalue weighted by molar-refractivity contribution is 0.0995. The number of hydrogen-bond acceptors (Lipinski definition) is 5. The molecule has 0 aliphatic carbocycles. The first-order chi connectivity index (χ1) is 8.25. The highest BCUT2D eigenvalue weighted by Gasteiger charge is 2.14. The fourth-order valence-electron chi connectivity index (χ4n) is 1.80. The maximum absolute atomic E-state index is 10.9. The second-order valence-electron chi connectivity index (χ2n) is 4.00. The first-order valence-electron chi connectivity index (χ1n) is 5.73. The number of primary amides is 1. The van der Waals surface area contributed by atoms with Crippen molar-refractivity contribution in [1.82, 2.24) is 9.97 Å². The van der Waals surface area contributed by atoms with Gasteiger partial charge in [-0.1, -0.05) is 0 Å². The molecule has 2 rings (SSSR count). The van der Waals surface area contributed by atoms with Crippen LogP contribution in [-0.4, -0.2) is 35.1 Å². The molecule has 1 aliphatic heterocycles. The standard InChI is InChI=1S/C11H16N4O2/c12-11(16)9-6-13-7-10(15-9)14-4-3-8-2-1-5-17-8/h6-8H,1-5H2,(H2,12,16)(H,14,15). The molecule has 0 saturated carbocycles. The average Bonchev–Trinajstić information content (AvgIpc) is 2.82. The fraction of sp³-hybridized carbons (Fsp3) is 0.545. The number of rotatable bonds is 5. The summed E-state index contributed by atoms with van der Waals surface area (Å²) in [5, 5.41) is 3.11. The van der Waals surface area contributed by atoms with Crippen molar-refractivity contribution >= 4 is 11.7 Å². The number of carbonyl (C=O) groups excluding carboxylic acids is 1. The van der Waals surface area contributed by atoms with E-state index in [9.17, 15) is 4.79 Å². The number of hydrogen-bond donors (Lipinski definition) is 2. The Morgan fingerprint density at radius 3 is 3.18 bits per heavy atom. The third-order valence-corrected chi connectivity index (χ3v) is 2.68. The highest BCUT2D eigenvalue weighted by Crippen LogP contribution is 2.15. The number of nitrogens with one attached hydrogen (secondary N) is 1. The minimum absolute atomic E-state index is 0.173. The maximum Gasteiger partial charge on any atom is 0.268 e. The van der Waals surface area contributed by atoms with E-state index in [-0.39, 0.29) is 5.69 Å². The molecule has 1 atom stereocenters. The van der Waals surface area contributed by atoms with Gasteiger partial charge >= 0.3 is 0 Å². The number of anilines is 1. The number of carbonyl (C=O) groups is 1. The van der Waals surface area contributed by atoms with Crippen LogP contribution >= 0.6 is 0 Å². The van der Waals surface area contributed by atoms with Gasteiger partial charge in [-0.05, 0) is 19.3 Å². The lowest BCUT2D eigenvalue weighted by Crippen LogP contribution is -2.16. The molecule has 1 aromatic rings. The van der Waals surface area contributed by atoms with Crippen molar-refractivity contribution in [1.29, 1.82) is 0 Å². The van der Waals surface area contributed by atoms with Crippen LogP contribution in [0.1, 0.15) is 29.8 Å². The molecule has 1 amide bonds. The smallest absolute Gasteiger partial charge is 0.268 e. The quantitative estimate of drug-likeness (QED) is 0.779. The zero-order chi connectivity index (χ0) is 12.1. The molecular weight excluding hydrogens is 220 g/mol. The van der Waals surface area contributed by atoms with Gasteiger partial charge in [0.05, 0.1) is 18.5 Å². The fourth-order valence-corrected chi connectivity index (χ4v) is 1.80. The molecule has 0 aromatic carbocycles. The van der Waals surface area contributed by atoms with Crippen LogP contribution in [0.5, 0.6) is 0 Å². The third kappa shape index (κ3) is 3.39. The maximum atomic E-state index is 10.9. The molecule has 0 spiro atoms. The van der Waals surface area contributed by atoms with E-state index in [1.54, 1.807) is 6.20 Å². The number of amides is 1. The minimum atomic E-state index is -0.569. The van der Waals surface area contributed by atoms with E-state index < -0.39 is 5.91 Å². The van der Waals surface area contributed by atoms with E-state index >= 15 is 0 Å². The summed E-state index contributed by atoms with van der Waals surface area (Å²) in [4.78, 5) is 18.9. The Balaban J connectivity index is 1.81. The summed E-state index contributed by atoms with van der Waals surface area (Å²) in [7, 11) is 0. The molecule has 0 bridgehead atoms. The Kier molecular flexibility index (Phi) is 3.87. The topological polar surface area (TPSA) is 90.1 Å². The molecular formula is C11H16N4O2. The lowest BCUT2D eigenvalue weighted by atomic mass is 10.2. The van der Waals surface area contributed by atoms with E-state index in [2.05, 4.69) is 15.3 Å². The first kappa shape index (κ1) is 11.8. The van der Waals surface area contributed by atoms with Crippen LogP contribution in [0.15, 0.2) is 12.4 Å². The van der Waals surface area contributed by atoms with E-state index in [1.165, 1.54) is 6.20 Å². The monoisotopic (exact) mass is 236 g/mol. The summed E-state index contributed by atoms with van der Waals surface area (Å²) in [5.74, 6) is -0.000395. The van der Waals surface area contributed by atoms with E-state index in [4.69, 9.17) is 10.5 Å². The summed E-state index contributed by atoms with van der Waals surface area (Å²) in [6.45, 7) is 1.61. The Hall–Kier alpha value is -1.69. The Labute approximate surface area is 99.6 Å². The van der Waals surface area contributed by atoms with Gasteiger partial charge in [-0.25, -0.2) is 4.98 Å². The van der Waals surface area contributed by atoms with Crippen molar-refractivity contribution in [2.75, 3.05) is 18.5 Å². The molecule has 0 radical (unpaired) electrons. The molecule has 1 aromatic heterocycles. The Morgan fingerprint density at radius 2 is 2.47 bits per heavy atom. The van der Waals surface area contributed by atoms with Gasteiger partial charge in [0.25, 0.3) is 5.91 Å². The zero-order valence-corrected chi connectivity index (χ0v) is 9.56. The van der Waals surface area contributed by atoms with Gasteiger partial charge in [-0.2, -0.15) is 0 Å². The van der Waals surface area contributed by atoms with Crippen molar-refractivity contribution in [2.24, 2.45) is 5.73 Å². The molecule has 17 heavy (non-hydrogen) atoms. The third-order valence-electron chi connectivity index (χ3n) is 2.68. The molecule has 6 nitrogen and oxygen atoms in total. The predicted octanol–water partition coefficient (Wildman–Crippen LogP) is 0.556. The van der Waals surface area contributed by atoms with Crippen molar-refractivity contribution < 1.29 is 9.53 Å². The number of aromatic nitrogens is 2. The van der Waals surface area contributed by atoms with Crippen LogP contribution in [0.3, 0.4) is 0 Å². The van der Waals surface area contributed by atoms with Crippen molar-refractivity contribution in [3.8, 4) is 0 Å². The summed E-state index contributed by atoms with van der Waals surface area (Å²) < 4.78 is 5.50. The van der Waals surface area contributed by atoms with Gasteiger partial charge in [0.2, 0.25) is 0 Å². The van der Waals surface area contributed by atoms with Gasteiger partial charge in [0, 0.05) is 13.2 Å². The molecule has 1 fully saturated rings. The number of ether oxygens (including phenoxy) is 1. The van der Waals surface area contributed by atoms with Crippen LogP contribution in [0, 0.1) is 0 Å². The normalized spacial score (nSPS) is 19.2. The Morgan fingerprint density at radius 1 is 1.59 bits per heavy atom. The van der Waals surface area contributed by atoms with Crippen LogP contribution in [0.2, 0.25) is 0 Å². The molecule has 1 aliphatic rings. The van der Waals surface area contributed by atoms with E-state index in [1.807, 2.05) is 0 Å². The predicted molar refractivity (Wildman–Crippen MR) is 62.6 cm³/mol. The second-order valence-corrected chi connectivity index (χ2v) is 4.00. The van der Waals surface area contributed by atoms with Crippen molar-refractivity contribution in [2.45, 2.75) is 25.4 Å². The van der Waals surface area contributed by atoms with Gasteiger partial charge in [-0.15, -0.1) is 0 Å². The lowest BCUT2D eigenvalue weighted by Gasteiger charge is -2.10. The molecule has 3 N–H and O–H groups in total. The summed E-state index contributed by atoms with van der Waals surface area (Å²) >= 11 is 0.